The van der Waals surface area contributed by atoms with Crippen LogP contribution in [0, 0.1) is 5.82 Å². The fourth-order valence-electron chi connectivity index (χ4n) is 2.91. The molecule has 2 aromatic rings. The van der Waals surface area contributed by atoms with Crippen molar-refractivity contribution >= 4 is 34.9 Å². The minimum Gasteiger partial charge on any atom is -0.390 e. The minimum absolute atomic E-state index is 0.210. The van der Waals surface area contributed by atoms with E-state index in [0.29, 0.717) is 36.1 Å². The van der Waals surface area contributed by atoms with E-state index in [9.17, 15) is 9.18 Å². The fourth-order valence-corrected chi connectivity index (χ4v) is 3.21. The van der Waals surface area contributed by atoms with Gasteiger partial charge in [0.25, 0.3) is 0 Å². The molecule has 0 saturated heterocycles. The Morgan fingerprint density at radius 3 is 2.68 bits per heavy atom. The lowest BCUT2D eigenvalue weighted by Crippen LogP contribution is -2.43. The fraction of sp³-hybridized carbons (Fsp3) is 0.300. The summed E-state index contributed by atoms with van der Waals surface area (Å²) >= 11 is 12.0. The largest absolute Gasteiger partial charge is 0.390 e. The molecule has 1 N–H and O–H groups in total. The van der Waals surface area contributed by atoms with Gasteiger partial charge in [-0.15, -0.1) is 0 Å². The number of amides is 2. The lowest BCUT2D eigenvalue weighted by Gasteiger charge is -2.25. The minimum atomic E-state index is -0.313. The second-order valence-corrected chi connectivity index (χ2v) is 7.26. The third-order valence-electron chi connectivity index (χ3n) is 4.31. The van der Waals surface area contributed by atoms with E-state index in [-0.39, 0.29) is 18.0 Å². The molecule has 5 nitrogen and oxygen atoms in total. The van der Waals surface area contributed by atoms with E-state index in [1.54, 1.807) is 29.2 Å². The topological polar surface area (TPSA) is 53.9 Å². The van der Waals surface area contributed by atoms with Crippen molar-refractivity contribution in [3.8, 4) is 0 Å². The van der Waals surface area contributed by atoms with E-state index in [2.05, 4.69) is 10.5 Å². The number of benzene rings is 2. The molecule has 1 heterocycles. The molecule has 148 valence electrons. The number of hydrogen-bond donors (Lipinski definition) is 1. The molecule has 0 radical (unpaired) electrons. The van der Waals surface area contributed by atoms with Crippen LogP contribution in [-0.4, -0.2) is 35.8 Å². The quantitative estimate of drug-likeness (QED) is 0.721. The molecule has 1 aliphatic heterocycles. The highest BCUT2D eigenvalue weighted by atomic mass is 35.5. The van der Waals surface area contributed by atoms with Gasteiger partial charge in [-0.05, 0) is 36.8 Å². The van der Waals surface area contributed by atoms with Crippen LogP contribution in [0.15, 0.2) is 47.6 Å². The second-order valence-electron chi connectivity index (χ2n) is 6.44. The summed E-state index contributed by atoms with van der Waals surface area (Å²) in [4.78, 5) is 19.6. The van der Waals surface area contributed by atoms with Gasteiger partial charge in [-0.3, -0.25) is 0 Å². The first-order valence-electron chi connectivity index (χ1n) is 8.91. The number of carbonyl (C=O) groups is 1. The Labute approximate surface area is 173 Å². The zero-order valence-corrected chi connectivity index (χ0v) is 16.8. The lowest BCUT2D eigenvalue weighted by molar-refractivity contribution is 0.0590. The van der Waals surface area contributed by atoms with Crippen LogP contribution in [-0.2, 0) is 11.4 Å². The summed E-state index contributed by atoms with van der Waals surface area (Å²) in [5, 5.41) is 7.86. The maximum atomic E-state index is 13.1. The lowest BCUT2D eigenvalue weighted by atomic mass is 10.0. The number of urea groups is 1. The Morgan fingerprint density at radius 2 is 2.00 bits per heavy atom. The van der Waals surface area contributed by atoms with E-state index in [4.69, 9.17) is 28.0 Å². The smallest absolute Gasteiger partial charge is 0.317 e. The van der Waals surface area contributed by atoms with Crippen LogP contribution in [0.3, 0.4) is 0 Å². The van der Waals surface area contributed by atoms with Crippen LogP contribution < -0.4 is 5.32 Å². The standard InChI is InChI=1S/C20H20Cl2FN3O2/c1-2-24-20(27)26(11-13-3-6-15(23)7-4-13)12-16-10-19(25-28-16)14-5-8-17(21)18(22)9-14/h3-9,16H,2,10-12H2,1H3,(H,24,27). The van der Waals surface area contributed by atoms with Gasteiger partial charge in [0.1, 0.15) is 5.82 Å². The van der Waals surface area contributed by atoms with Crippen molar-refractivity contribution < 1.29 is 14.0 Å². The van der Waals surface area contributed by atoms with Crippen LogP contribution in [0.4, 0.5) is 9.18 Å². The highest BCUT2D eigenvalue weighted by molar-refractivity contribution is 6.42. The molecule has 2 amide bonds. The van der Waals surface area contributed by atoms with Gasteiger partial charge in [0.05, 0.1) is 22.3 Å². The molecule has 1 unspecified atom stereocenters. The number of nitrogens with zero attached hydrogens (tertiary/aromatic N) is 2. The van der Waals surface area contributed by atoms with E-state index in [1.807, 2.05) is 13.0 Å². The molecule has 0 spiro atoms. The van der Waals surface area contributed by atoms with Crippen molar-refractivity contribution in [1.29, 1.82) is 0 Å². The molecule has 0 saturated carbocycles. The summed E-state index contributed by atoms with van der Waals surface area (Å²) in [7, 11) is 0. The molecule has 2 aromatic carbocycles. The van der Waals surface area contributed by atoms with Crippen LogP contribution in [0.2, 0.25) is 10.0 Å². The molecule has 0 aromatic heterocycles. The van der Waals surface area contributed by atoms with Crippen molar-refractivity contribution in [2.45, 2.75) is 26.0 Å². The number of oxime groups is 1. The Hall–Kier alpha value is -2.31. The third-order valence-corrected chi connectivity index (χ3v) is 5.05. The first kappa shape index (κ1) is 20.4. The summed E-state index contributed by atoms with van der Waals surface area (Å²) in [5.74, 6) is -0.313. The molecule has 1 aliphatic rings. The molecule has 0 bridgehead atoms. The van der Waals surface area contributed by atoms with Gasteiger partial charge in [-0.2, -0.15) is 0 Å². The molecular weight excluding hydrogens is 404 g/mol. The van der Waals surface area contributed by atoms with E-state index >= 15 is 0 Å². The van der Waals surface area contributed by atoms with E-state index in [1.165, 1.54) is 12.1 Å². The Kier molecular flexibility index (Phi) is 6.75. The summed E-state index contributed by atoms with van der Waals surface area (Å²) in [6.07, 6.45) is 0.254. The van der Waals surface area contributed by atoms with Gasteiger partial charge < -0.3 is 15.1 Å². The van der Waals surface area contributed by atoms with Crippen LogP contribution in [0.25, 0.3) is 0 Å². The van der Waals surface area contributed by atoms with Crippen molar-refractivity contribution in [3.05, 3.63) is 69.5 Å². The first-order valence-corrected chi connectivity index (χ1v) is 9.67. The monoisotopic (exact) mass is 423 g/mol. The van der Waals surface area contributed by atoms with Gasteiger partial charge in [0.2, 0.25) is 0 Å². The third kappa shape index (κ3) is 5.14. The average Bonchev–Trinajstić information content (AvgIpc) is 3.14. The number of hydrogen-bond acceptors (Lipinski definition) is 3. The van der Waals surface area contributed by atoms with Gasteiger partial charge in [0, 0.05) is 25.1 Å². The number of carbonyl (C=O) groups excluding carboxylic acids is 1. The van der Waals surface area contributed by atoms with Crippen LogP contribution >= 0.6 is 23.2 Å². The predicted molar refractivity (Wildman–Crippen MR) is 108 cm³/mol. The zero-order chi connectivity index (χ0) is 20.1. The summed E-state index contributed by atoms with van der Waals surface area (Å²) in [5.41, 5.74) is 2.41. The maximum absolute atomic E-state index is 13.1. The van der Waals surface area contributed by atoms with Gasteiger partial charge in [0.15, 0.2) is 6.10 Å². The number of halogens is 3. The van der Waals surface area contributed by atoms with Crippen LogP contribution in [0.5, 0.6) is 0 Å². The predicted octanol–water partition coefficient (Wildman–Crippen LogP) is 4.86. The van der Waals surface area contributed by atoms with E-state index in [0.717, 1.165) is 16.8 Å². The highest BCUT2D eigenvalue weighted by Crippen LogP contribution is 2.26. The second kappa shape index (κ2) is 9.26. The zero-order valence-electron chi connectivity index (χ0n) is 15.3. The SMILES string of the molecule is CCNC(=O)N(Cc1ccc(F)cc1)CC1CC(c2ccc(Cl)c(Cl)c2)=NO1. The van der Waals surface area contributed by atoms with Crippen molar-refractivity contribution in [2.75, 3.05) is 13.1 Å². The van der Waals surface area contributed by atoms with Crippen molar-refractivity contribution in [3.63, 3.8) is 0 Å². The molecule has 28 heavy (non-hydrogen) atoms. The van der Waals surface area contributed by atoms with E-state index < -0.39 is 0 Å². The van der Waals surface area contributed by atoms with Crippen LogP contribution in [0.1, 0.15) is 24.5 Å². The molecule has 8 heteroatoms. The Balaban J connectivity index is 1.66. The molecule has 0 aliphatic carbocycles. The first-order chi connectivity index (χ1) is 13.5. The number of nitrogens with one attached hydrogen (secondary N) is 1. The normalized spacial score (nSPS) is 15.7. The maximum Gasteiger partial charge on any atom is 0.317 e. The molecule has 1 atom stereocenters. The van der Waals surface area contributed by atoms with Crippen molar-refractivity contribution in [2.24, 2.45) is 5.16 Å². The van der Waals surface area contributed by atoms with Crippen molar-refractivity contribution in [1.82, 2.24) is 10.2 Å². The average molecular weight is 424 g/mol. The Morgan fingerprint density at radius 1 is 1.25 bits per heavy atom. The molecule has 3 rings (SSSR count). The van der Waals surface area contributed by atoms with Gasteiger partial charge >= 0.3 is 6.03 Å². The summed E-state index contributed by atoms with van der Waals surface area (Å²) < 4.78 is 13.1. The molecular formula is C20H20Cl2FN3O2. The number of rotatable bonds is 6. The van der Waals surface area contributed by atoms with Gasteiger partial charge in [-0.25, -0.2) is 9.18 Å². The Bertz CT molecular complexity index is 874. The molecule has 0 fully saturated rings. The van der Waals surface area contributed by atoms with Gasteiger partial charge in [-0.1, -0.05) is 46.6 Å². The summed E-state index contributed by atoms with van der Waals surface area (Å²) in [6, 6.07) is 11.2. The summed E-state index contributed by atoms with van der Waals surface area (Å²) in [6.45, 7) is 3.05. The highest BCUT2D eigenvalue weighted by Gasteiger charge is 2.27.